The largest absolute Gasteiger partial charge is 0.440 e. The quantitative estimate of drug-likeness (QED) is 0.744. The van der Waals surface area contributed by atoms with Gasteiger partial charge in [-0.05, 0) is 18.4 Å². The SMILES string of the molecule is Cc1oc(-c2cccs2)nc1C=N. The van der Waals surface area contributed by atoms with Crippen molar-refractivity contribution in [3.63, 3.8) is 0 Å². The molecule has 2 aromatic rings. The molecule has 0 radical (unpaired) electrons. The zero-order valence-corrected chi connectivity index (χ0v) is 7.89. The molecule has 2 aromatic heterocycles. The third-order valence-corrected chi connectivity index (χ3v) is 2.56. The molecule has 13 heavy (non-hydrogen) atoms. The molecule has 0 amide bonds. The van der Waals surface area contributed by atoms with Gasteiger partial charge in [-0.2, -0.15) is 0 Å². The first-order valence-corrected chi connectivity index (χ1v) is 4.71. The van der Waals surface area contributed by atoms with E-state index in [9.17, 15) is 0 Å². The van der Waals surface area contributed by atoms with Gasteiger partial charge in [-0.1, -0.05) is 6.07 Å². The van der Waals surface area contributed by atoms with Crippen LogP contribution in [0.3, 0.4) is 0 Å². The molecule has 2 rings (SSSR count). The summed E-state index contributed by atoms with van der Waals surface area (Å²) < 4.78 is 5.40. The van der Waals surface area contributed by atoms with Crippen molar-refractivity contribution in [3.8, 4) is 10.8 Å². The van der Waals surface area contributed by atoms with Gasteiger partial charge in [0.25, 0.3) is 0 Å². The summed E-state index contributed by atoms with van der Waals surface area (Å²) in [4.78, 5) is 5.17. The molecule has 0 aliphatic heterocycles. The molecular formula is C9H8N2OS. The van der Waals surface area contributed by atoms with Crippen molar-refractivity contribution in [3.05, 3.63) is 29.0 Å². The lowest BCUT2D eigenvalue weighted by atomic mass is 10.4. The predicted molar refractivity (Wildman–Crippen MR) is 52.4 cm³/mol. The Morgan fingerprint density at radius 2 is 2.46 bits per heavy atom. The van der Waals surface area contributed by atoms with Crippen molar-refractivity contribution in [1.82, 2.24) is 4.98 Å². The van der Waals surface area contributed by atoms with Crippen LogP contribution in [-0.2, 0) is 0 Å². The second-order valence-corrected chi connectivity index (χ2v) is 3.53. The highest BCUT2D eigenvalue weighted by atomic mass is 32.1. The number of rotatable bonds is 2. The molecule has 1 N–H and O–H groups in total. The fraction of sp³-hybridized carbons (Fsp3) is 0.111. The van der Waals surface area contributed by atoms with Crippen molar-refractivity contribution >= 4 is 17.6 Å². The summed E-state index contributed by atoms with van der Waals surface area (Å²) in [6, 6.07) is 3.90. The molecule has 66 valence electrons. The molecule has 0 saturated heterocycles. The lowest BCUT2D eigenvalue weighted by molar-refractivity contribution is 0.543. The molecular weight excluding hydrogens is 184 g/mol. The number of nitrogens with one attached hydrogen (secondary N) is 1. The van der Waals surface area contributed by atoms with E-state index in [1.165, 1.54) is 6.21 Å². The van der Waals surface area contributed by atoms with Gasteiger partial charge in [0, 0.05) is 6.21 Å². The molecule has 0 fully saturated rings. The van der Waals surface area contributed by atoms with Gasteiger partial charge in [0.1, 0.15) is 11.5 Å². The number of oxazole rings is 1. The number of hydrogen-bond donors (Lipinski definition) is 1. The Bertz CT molecular complexity index is 417. The lowest BCUT2D eigenvalue weighted by Gasteiger charge is -1.84. The van der Waals surface area contributed by atoms with E-state index in [0.717, 1.165) is 4.88 Å². The first kappa shape index (κ1) is 8.19. The Kier molecular flexibility index (Phi) is 1.98. The highest BCUT2D eigenvalue weighted by Crippen LogP contribution is 2.25. The highest BCUT2D eigenvalue weighted by molar-refractivity contribution is 7.13. The summed E-state index contributed by atoms with van der Waals surface area (Å²) in [6.07, 6.45) is 1.20. The van der Waals surface area contributed by atoms with Crippen LogP contribution >= 0.6 is 11.3 Å². The van der Waals surface area contributed by atoms with E-state index in [2.05, 4.69) is 4.98 Å². The Labute approximate surface area is 79.6 Å². The molecule has 2 heterocycles. The molecule has 0 aromatic carbocycles. The van der Waals surface area contributed by atoms with Crippen LogP contribution in [0.2, 0.25) is 0 Å². The topological polar surface area (TPSA) is 49.9 Å². The predicted octanol–water partition coefficient (Wildman–Crippen LogP) is 2.71. The van der Waals surface area contributed by atoms with Crippen LogP contribution in [-0.4, -0.2) is 11.2 Å². The van der Waals surface area contributed by atoms with Crippen molar-refractivity contribution in [2.75, 3.05) is 0 Å². The van der Waals surface area contributed by atoms with Gasteiger partial charge >= 0.3 is 0 Å². The van der Waals surface area contributed by atoms with Gasteiger partial charge in [-0.3, -0.25) is 0 Å². The zero-order valence-electron chi connectivity index (χ0n) is 7.07. The number of aryl methyl sites for hydroxylation is 1. The molecule has 4 heteroatoms. The Hall–Kier alpha value is -1.42. The van der Waals surface area contributed by atoms with E-state index in [1.807, 2.05) is 24.4 Å². The molecule has 0 unspecified atom stereocenters. The van der Waals surface area contributed by atoms with E-state index in [1.54, 1.807) is 11.3 Å². The van der Waals surface area contributed by atoms with Crippen molar-refractivity contribution < 1.29 is 4.42 Å². The first-order chi connectivity index (χ1) is 6.31. The fourth-order valence-corrected chi connectivity index (χ4v) is 1.70. The van der Waals surface area contributed by atoms with Crippen molar-refractivity contribution in [2.24, 2.45) is 0 Å². The van der Waals surface area contributed by atoms with E-state index < -0.39 is 0 Å². The maximum Gasteiger partial charge on any atom is 0.237 e. The first-order valence-electron chi connectivity index (χ1n) is 3.83. The van der Waals surface area contributed by atoms with Crippen LogP contribution in [0.4, 0.5) is 0 Å². The third kappa shape index (κ3) is 1.40. The molecule has 0 saturated carbocycles. The van der Waals surface area contributed by atoms with Crippen LogP contribution < -0.4 is 0 Å². The van der Waals surface area contributed by atoms with E-state index in [-0.39, 0.29) is 0 Å². The second kappa shape index (κ2) is 3.14. The minimum Gasteiger partial charge on any atom is -0.440 e. The zero-order chi connectivity index (χ0) is 9.26. The van der Waals surface area contributed by atoms with Gasteiger partial charge in [0.2, 0.25) is 5.89 Å². The molecule has 0 atom stereocenters. The molecule has 3 nitrogen and oxygen atoms in total. The summed E-state index contributed by atoms with van der Waals surface area (Å²) in [6.45, 7) is 1.81. The Morgan fingerprint density at radius 3 is 3.00 bits per heavy atom. The molecule has 0 spiro atoms. The van der Waals surface area contributed by atoms with E-state index >= 15 is 0 Å². The van der Waals surface area contributed by atoms with E-state index in [0.29, 0.717) is 17.3 Å². The third-order valence-electron chi connectivity index (χ3n) is 1.70. The van der Waals surface area contributed by atoms with Crippen LogP contribution in [0.1, 0.15) is 11.5 Å². The van der Waals surface area contributed by atoms with Crippen LogP contribution in [0.25, 0.3) is 10.8 Å². The average Bonchev–Trinajstić information content (AvgIpc) is 2.71. The van der Waals surface area contributed by atoms with Gasteiger partial charge in [-0.25, -0.2) is 4.98 Å². The van der Waals surface area contributed by atoms with E-state index in [4.69, 9.17) is 9.83 Å². The monoisotopic (exact) mass is 192 g/mol. The van der Waals surface area contributed by atoms with Gasteiger partial charge in [-0.15, -0.1) is 11.3 Å². The number of nitrogens with zero attached hydrogens (tertiary/aromatic N) is 1. The Morgan fingerprint density at radius 1 is 1.62 bits per heavy atom. The number of aromatic nitrogens is 1. The molecule has 0 aliphatic rings. The Balaban J connectivity index is 2.48. The van der Waals surface area contributed by atoms with Gasteiger partial charge in [0.05, 0.1) is 4.88 Å². The van der Waals surface area contributed by atoms with Gasteiger partial charge < -0.3 is 9.83 Å². The summed E-state index contributed by atoms with van der Waals surface area (Å²) in [5.74, 6) is 1.30. The fourth-order valence-electron chi connectivity index (χ4n) is 1.05. The minimum atomic E-state index is 0.600. The summed E-state index contributed by atoms with van der Waals surface area (Å²) in [7, 11) is 0. The van der Waals surface area contributed by atoms with Crippen molar-refractivity contribution in [2.45, 2.75) is 6.92 Å². The molecule has 0 aliphatic carbocycles. The lowest BCUT2D eigenvalue weighted by Crippen LogP contribution is -1.81. The summed E-state index contributed by atoms with van der Waals surface area (Å²) in [5.41, 5.74) is 0.600. The average molecular weight is 192 g/mol. The van der Waals surface area contributed by atoms with Gasteiger partial charge in [0.15, 0.2) is 0 Å². The maximum atomic E-state index is 7.08. The second-order valence-electron chi connectivity index (χ2n) is 2.58. The smallest absolute Gasteiger partial charge is 0.237 e. The van der Waals surface area contributed by atoms with Crippen LogP contribution in [0.5, 0.6) is 0 Å². The highest BCUT2D eigenvalue weighted by Gasteiger charge is 2.09. The summed E-state index contributed by atoms with van der Waals surface area (Å²) in [5, 5.41) is 9.05. The normalized spacial score (nSPS) is 10.2. The van der Waals surface area contributed by atoms with Crippen molar-refractivity contribution in [1.29, 1.82) is 5.41 Å². The maximum absolute atomic E-state index is 7.08. The van der Waals surface area contributed by atoms with Crippen LogP contribution in [0, 0.1) is 12.3 Å². The van der Waals surface area contributed by atoms with Crippen LogP contribution in [0.15, 0.2) is 21.9 Å². The molecule has 0 bridgehead atoms. The number of thiophene rings is 1. The summed E-state index contributed by atoms with van der Waals surface area (Å²) >= 11 is 1.58. The number of hydrogen-bond acceptors (Lipinski definition) is 4. The minimum absolute atomic E-state index is 0.600. The standard InChI is InChI=1S/C9H8N2OS/c1-6-7(5-10)11-9(12-6)8-3-2-4-13-8/h2-5,10H,1H3.